The van der Waals surface area contributed by atoms with E-state index in [4.69, 9.17) is 0 Å². The van der Waals surface area contributed by atoms with Crippen molar-refractivity contribution < 1.29 is 14.3 Å². The largest absolute Gasteiger partial charge is 0.388 e. The predicted octanol–water partition coefficient (Wildman–Crippen LogP) is 3.08. The number of nitrogens with one attached hydrogen (secondary N) is 1. The van der Waals surface area contributed by atoms with Gasteiger partial charge in [0.15, 0.2) is 0 Å². The molecule has 0 fully saturated rings. The number of carbonyl (C=O) groups is 1. The minimum absolute atomic E-state index is 0.0710. The van der Waals surface area contributed by atoms with Gasteiger partial charge in [-0.1, -0.05) is 20.8 Å². The molecule has 21 heavy (non-hydrogen) atoms. The molecule has 0 spiro atoms. The van der Waals surface area contributed by atoms with Crippen LogP contribution in [-0.4, -0.2) is 28.9 Å². The summed E-state index contributed by atoms with van der Waals surface area (Å²) in [7, 11) is 0. The van der Waals surface area contributed by atoms with Crippen LogP contribution in [0.5, 0.6) is 0 Å². The van der Waals surface area contributed by atoms with Gasteiger partial charge >= 0.3 is 0 Å². The molecule has 0 aromatic heterocycles. The summed E-state index contributed by atoms with van der Waals surface area (Å²) in [6.07, 6.45) is 0. The minimum Gasteiger partial charge on any atom is -0.388 e. The average Bonchev–Trinajstić information content (AvgIpc) is 2.43. The van der Waals surface area contributed by atoms with Crippen LogP contribution in [0, 0.1) is 17.7 Å². The van der Waals surface area contributed by atoms with Gasteiger partial charge in [0.25, 0.3) is 0 Å². The molecule has 118 valence electrons. The van der Waals surface area contributed by atoms with E-state index in [0.717, 1.165) is 4.90 Å². The predicted molar refractivity (Wildman–Crippen MR) is 84.8 cm³/mol. The number of rotatable bonds is 7. The zero-order valence-corrected chi connectivity index (χ0v) is 13.8. The van der Waals surface area contributed by atoms with Gasteiger partial charge in [-0.05, 0) is 37.1 Å². The van der Waals surface area contributed by atoms with E-state index in [9.17, 15) is 14.3 Å². The summed E-state index contributed by atoms with van der Waals surface area (Å²) in [4.78, 5) is 12.9. The first-order chi connectivity index (χ1) is 9.72. The summed E-state index contributed by atoms with van der Waals surface area (Å²) in [6, 6.07) is 6.22. The van der Waals surface area contributed by atoms with Gasteiger partial charge < -0.3 is 10.4 Å². The first-order valence-electron chi connectivity index (χ1n) is 7.11. The van der Waals surface area contributed by atoms with Gasteiger partial charge in [0.2, 0.25) is 5.91 Å². The lowest BCUT2D eigenvalue weighted by atomic mass is 9.92. The summed E-state index contributed by atoms with van der Waals surface area (Å²) in [5.41, 5.74) is -0.903. The number of hydrogen-bond donors (Lipinski definition) is 2. The SMILES string of the molecule is CC(CSc1ccc(F)cc1)C(=O)NCC(C)(O)C(C)C. The number of aliphatic hydroxyl groups is 1. The topological polar surface area (TPSA) is 49.3 Å². The fourth-order valence-corrected chi connectivity index (χ4v) is 2.39. The fourth-order valence-electron chi connectivity index (χ4n) is 1.47. The number of carbonyl (C=O) groups excluding carboxylic acids is 1. The van der Waals surface area contributed by atoms with Crippen LogP contribution in [0.15, 0.2) is 29.2 Å². The van der Waals surface area contributed by atoms with Gasteiger partial charge in [0, 0.05) is 23.1 Å². The highest BCUT2D eigenvalue weighted by molar-refractivity contribution is 7.99. The molecule has 0 aliphatic heterocycles. The van der Waals surface area contributed by atoms with E-state index < -0.39 is 5.60 Å². The van der Waals surface area contributed by atoms with E-state index in [1.54, 1.807) is 19.1 Å². The van der Waals surface area contributed by atoms with Gasteiger partial charge in [0.05, 0.1) is 5.60 Å². The van der Waals surface area contributed by atoms with Gasteiger partial charge in [-0.2, -0.15) is 0 Å². The third kappa shape index (κ3) is 6.06. The van der Waals surface area contributed by atoms with Crippen molar-refractivity contribution in [1.82, 2.24) is 5.32 Å². The molecule has 3 nitrogen and oxygen atoms in total. The minimum atomic E-state index is -0.903. The third-order valence-electron chi connectivity index (χ3n) is 3.63. The molecule has 0 aliphatic carbocycles. The van der Waals surface area contributed by atoms with Crippen LogP contribution in [0.2, 0.25) is 0 Å². The van der Waals surface area contributed by atoms with Crippen LogP contribution in [-0.2, 0) is 4.79 Å². The van der Waals surface area contributed by atoms with Crippen molar-refractivity contribution >= 4 is 17.7 Å². The average molecular weight is 313 g/mol. The maximum Gasteiger partial charge on any atom is 0.223 e. The molecule has 2 unspecified atom stereocenters. The van der Waals surface area contributed by atoms with Crippen molar-refractivity contribution in [2.24, 2.45) is 11.8 Å². The van der Waals surface area contributed by atoms with Gasteiger partial charge in [0.1, 0.15) is 5.82 Å². The zero-order chi connectivity index (χ0) is 16.0. The highest BCUT2D eigenvalue weighted by Gasteiger charge is 2.26. The molecule has 0 aliphatic rings. The second-order valence-electron chi connectivity index (χ2n) is 5.90. The highest BCUT2D eigenvalue weighted by atomic mass is 32.2. The second-order valence-corrected chi connectivity index (χ2v) is 6.99. The number of hydrogen-bond acceptors (Lipinski definition) is 3. The van der Waals surface area contributed by atoms with Crippen LogP contribution >= 0.6 is 11.8 Å². The standard InChI is InChI=1S/C16H24FNO2S/c1-11(2)16(4,20)10-18-15(19)12(3)9-21-14-7-5-13(17)6-8-14/h5-8,11-12,20H,9-10H2,1-4H3,(H,18,19). The van der Waals surface area contributed by atoms with E-state index in [1.165, 1.54) is 23.9 Å². The van der Waals surface area contributed by atoms with Crippen LogP contribution in [0.25, 0.3) is 0 Å². The molecule has 0 saturated heterocycles. The van der Waals surface area contributed by atoms with Crippen LogP contribution in [0.1, 0.15) is 27.7 Å². The first-order valence-corrected chi connectivity index (χ1v) is 8.09. The molecule has 0 radical (unpaired) electrons. The quantitative estimate of drug-likeness (QED) is 0.761. The van der Waals surface area contributed by atoms with E-state index in [0.29, 0.717) is 5.75 Å². The maximum absolute atomic E-state index is 12.8. The van der Waals surface area contributed by atoms with E-state index in [1.807, 2.05) is 20.8 Å². The third-order valence-corrected chi connectivity index (χ3v) is 4.90. The Morgan fingerprint density at radius 2 is 1.90 bits per heavy atom. The molecule has 0 bridgehead atoms. The second kappa shape index (κ2) is 7.80. The molecule has 1 aromatic rings. The van der Waals surface area contributed by atoms with Gasteiger partial charge in [-0.15, -0.1) is 11.8 Å². The molecule has 2 atom stereocenters. The molecule has 1 rings (SSSR count). The summed E-state index contributed by atoms with van der Waals surface area (Å²) in [5, 5.41) is 12.9. The number of benzene rings is 1. The molecule has 0 heterocycles. The van der Waals surface area contributed by atoms with Crippen molar-refractivity contribution in [3.63, 3.8) is 0 Å². The van der Waals surface area contributed by atoms with E-state index in [2.05, 4.69) is 5.32 Å². The molecule has 2 N–H and O–H groups in total. The Morgan fingerprint density at radius 1 is 1.33 bits per heavy atom. The van der Waals surface area contributed by atoms with Crippen molar-refractivity contribution in [3.05, 3.63) is 30.1 Å². The summed E-state index contributed by atoms with van der Waals surface area (Å²) in [5.74, 6) is 0.165. The lowest BCUT2D eigenvalue weighted by Crippen LogP contribution is -2.45. The Morgan fingerprint density at radius 3 is 2.43 bits per heavy atom. The molecule has 0 saturated carbocycles. The Hall–Kier alpha value is -1.07. The monoisotopic (exact) mass is 313 g/mol. The molecule has 5 heteroatoms. The summed E-state index contributed by atoms with van der Waals surface area (Å²) >= 11 is 1.52. The Bertz CT molecular complexity index is 460. The maximum atomic E-state index is 12.8. The number of thioether (sulfide) groups is 1. The van der Waals surface area contributed by atoms with Crippen molar-refractivity contribution in [1.29, 1.82) is 0 Å². The van der Waals surface area contributed by atoms with Gasteiger partial charge in [-0.3, -0.25) is 4.79 Å². The smallest absolute Gasteiger partial charge is 0.223 e. The first kappa shape index (κ1) is 18.0. The molecular formula is C16H24FNO2S. The Kier molecular flexibility index (Phi) is 6.68. The Labute approximate surface area is 130 Å². The number of amides is 1. The highest BCUT2D eigenvalue weighted by Crippen LogP contribution is 2.21. The molecular weight excluding hydrogens is 289 g/mol. The summed E-state index contributed by atoms with van der Waals surface area (Å²) in [6.45, 7) is 7.64. The molecule has 1 aromatic carbocycles. The molecule has 1 amide bonds. The van der Waals surface area contributed by atoms with Crippen LogP contribution in [0.3, 0.4) is 0 Å². The lowest BCUT2D eigenvalue weighted by molar-refractivity contribution is -0.125. The fraction of sp³-hybridized carbons (Fsp3) is 0.562. The van der Waals surface area contributed by atoms with Crippen LogP contribution in [0.4, 0.5) is 4.39 Å². The number of halogens is 1. The van der Waals surface area contributed by atoms with E-state index >= 15 is 0 Å². The van der Waals surface area contributed by atoms with Crippen LogP contribution < -0.4 is 5.32 Å². The van der Waals surface area contributed by atoms with Gasteiger partial charge in [-0.25, -0.2) is 4.39 Å². The lowest BCUT2D eigenvalue weighted by Gasteiger charge is -2.28. The van der Waals surface area contributed by atoms with Crippen molar-refractivity contribution in [3.8, 4) is 0 Å². The Balaban J connectivity index is 2.39. The zero-order valence-electron chi connectivity index (χ0n) is 13.0. The van der Waals surface area contributed by atoms with Crippen molar-refractivity contribution in [2.75, 3.05) is 12.3 Å². The van der Waals surface area contributed by atoms with Crippen molar-refractivity contribution in [2.45, 2.75) is 38.2 Å². The summed E-state index contributed by atoms with van der Waals surface area (Å²) < 4.78 is 12.8. The van der Waals surface area contributed by atoms with E-state index in [-0.39, 0.29) is 30.1 Å². The normalized spacial score (nSPS) is 15.6.